The Bertz CT molecular complexity index is 1240. The van der Waals surface area contributed by atoms with Crippen molar-refractivity contribution in [2.24, 2.45) is 5.73 Å². The van der Waals surface area contributed by atoms with Crippen LogP contribution in [-0.2, 0) is 22.4 Å². The first-order chi connectivity index (χ1) is 16.3. The highest BCUT2D eigenvalue weighted by molar-refractivity contribution is 5.92. The second kappa shape index (κ2) is 9.61. The van der Waals surface area contributed by atoms with Gasteiger partial charge in [0.05, 0.1) is 19.2 Å². The molecule has 3 aromatic carbocycles. The van der Waals surface area contributed by atoms with Gasteiger partial charge in [0.2, 0.25) is 5.91 Å². The number of nitrogens with two attached hydrogens (primary N) is 1. The monoisotopic (exact) mass is 457 g/mol. The summed E-state index contributed by atoms with van der Waals surface area (Å²) < 4.78 is -0.344. The number of aliphatic carboxylic acids is 1. The zero-order valence-corrected chi connectivity index (χ0v) is 19.2. The highest BCUT2D eigenvalue weighted by Crippen LogP contribution is 2.37. The van der Waals surface area contributed by atoms with Crippen molar-refractivity contribution in [2.45, 2.75) is 31.7 Å². The zero-order valence-electron chi connectivity index (χ0n) is 19.2. The first-order valence-corrected chi connectivity index (χ1v) is 11.5. The molecule has 1 aliphatic rings. The Morgan fingerprint density at radius 1 is 0.941 bits per heavy atom. The van der Waals surface area contributed by atoms with Crippen LogP contribution in [0.25, 0.3) is 11.1 Å². The topological polar surface area (TPSA) is 97.5 Å². The number of hydrogen-bond acceptors (Lipinski definition) is 3. The molecular weight excluding hydrogens is 428 g/mol. The van der Waals surface area contributed by atoms with E-state index in [2.05, 4.69) is 12.1 Å². The van der Waals surface area contributed by atoms with Crippen LogP contribution in [0.15, 0.2) is 72.8 Å². The fourth-order valence-electron chi connectivity index (χ4n) is 4.91. The number of carbonyl (C=O) groups excluding carboxylic acids is 2. The van der Waals surface area contributed by atoms with Gasteiger partial charge >= 0.3 is 11.9 Å². The molecule has 0 aromatic heterocycles. The van der Waals surface area contributed by atoms with E-state index in [1.807, 2.05) is 54.6 Å². The van der Waals surface area contributed by atoms with Gasteiger partial charge in [-0.15, -0.1) is 0 Å². The SMILES string of the molecule is C[N+](CCc1ccccc1)(C(=O)c1ccc2c(c1)Cc1ccccc1-2)[C@@H](CCC(N)=O)C(=O)O. The number of rotatable bonds is 9. The van der Waals surface area contributed by atoms with E-state index in [1.54, 1.807) is 13.1 Å². The number of amides is 2. The first kappa shape index (κ1) is 23.4. The maximum absolute atomic E-state index is 13.9. The van der Waals surface area contributed by atoms with Crippen LogP contribution in [0.1, 0.15) is 39.9 Å². The molecule has 0 spiro atoms. The molecule has 1 aliphatic carbocycles. The van der Waals surface area contributed by atoms with Gasteiger partial charge in [0.15, 0.2) is 6.04 Å². The average Bonchev–Trinajstić information content (AvgIpc) is 3.20. The molecule has 3 aromatic rings. The molecule has 4 rings (SSSR count). The predicted molar refractivity (Wildman–Crippen MR) is 130 cm³/mol. The average molecular weight is 458 g/mol. The molecule has 2 amide bonds. The molecular formula is C28H29N2O4+. The van der Waals surface area contributed by atoms with Crippen molar-refractivity contribution in [2.75, 3.05) is 13.6 Å². The number of fused-ring (bicyclic) bond motifs is 3. The molecule has 174 valence electrons. The van der Waals surface area contributed by atoms with Crippen LogP contribution >= 0.6 is 0 Å². The highest BCUT2D eigenvalue weighted by atomic mass is 16.4. The van der Waals surface area contributed by atoms with Crippen molar-refractivity contribution < 1.29 is 24.0 Å². The Balaban J connectivity index is 1.69. The van der Waals surface area contributed by atoms with Gasteiger partial charge in [0.1, 0.15) is 0 Å². The maximum atomic E-state index is 13.9. The van der Waals surface area contributed by atoms with E-state index in [4.69, 9.17) is 5.73 Å². The fourth-order valence-corrected chi connectivity index (χ4v) is 4.91. The lowest BCUT2D eigenvalue weighted by Crippen LogP contribution is -2.60. The molecule has 0 saturated heterocycles. The number of nitrogens with zero attached hydrogens (tertiary/aromatic N) is 1. The standard InChI is InChI=1S/C28H28N2O4/c1-30(16-15-19-7-3-2-4-8-19,25(28(33)34)13-14-26(29)31)27(32)21-11-12-24-22(18-21)17-20-9-5-6-10-23(20)24/h2-12,18,25H,13-17H2,1H3,(H2-,29,31,33,34)/p+1/t25-,30?/m0/s1. The summed E-state index contributed by atoms with van der Waals surface area (Å²) in [6, 6.07) is 22.4. The van der Waals surface area contributed by atoms with Crippen LogP contribution in [0.5, 0.6) is 0 Å². The molecule has 0 fully saturated rings. The number of quaternary nitrogens is 1. The minimum atomic E-state index is -1.11. The maximum Gasteiger partial charge on any atom is 0.363 e. The predicted octanol–water partition coefficient (Wildman–Crippen LogP) is 3.81. The van der Waals surface area contributed by atoms with E-state index in [0.29, 0.717) is 12.0 Å². The van der Waals surface area contributed by atoms with Gasteiger partial charge in [0, 0.05) is 19.3 Å². The number of benzene rings is 3. The lowest BCUT2D eigenvalue weighted by atomic mass is 9.99. The fraction of sp³-hybridized carbons (Fsp3) is 0.250. The summed E-state index contributed by atoms with van der Waals surface area (Å²) in [4.78, 5) is 37.7. The van der Waals surface area contributed by atoms with Crippen LogP contribution < -0.4 is 5.73 Å². The van der Waals surface area contributed by atoms with Gasteiger partial charge in [-0.05, 0) is 46.4 Å². The van der Waals surface area contributed by atoms with Crippen LogP contribution in [-0.4, -0.2) is 47.0 Å². The quantitative estimate of drug-likeness (QED) is 0.374. The van der Waals surface area contributed by atoms with E-state index in [1.165, 1.54) is 11.1 Å². The number of hydrogen-bond donors (Lipinski definition) is 2. The highest BCUT2D eigenvalue weighted by Gasteiger charge is 2.45. The Morgan fingerprint density at radius 3 is 2.32 bits per heavy atom. The minimum Gasteiger partial charge on any atom is -0.477 e. The van der Waals surface area contributed by atoms with Gasteiger partial charge in [-0.25, -0.2) is 14.1 Å². The van der Waals surface area contributed by atoms with Gasteiger partial charge < -0.3 is 10.8 Å². The van der Waals surface area contributed by atoms with Crippen LogP contribution in [0.2, 0.25) is 0 Å². The second-order valence-electron chi connectivity index (χ2n) is 9.10. The van der Waals surface area contributed by atoms with Crippen molar-refractivity contribution in [3.05, 3.63) is 95.1 Å². The number of primary amides is 1. The van der Waals surface area contributed by atoms with Gasteiger partial charge in [-0.3, -0.25) is 4.79 Å². The summed E-state index contributed by atoms with van der Waals surface area (Å²) in [6.45, 7) is 0.288. The number of carbonyl (C=O) groups is 3. The van der Waals surface area contributed by atoms with Crippen LogP contribution in [0, 0.1) is 0 Å². The Hall–Kier alpha value is -3.77. The van der Waals surface area contributed by atoms with Gasteiger partial charge in [-0.1, -0.05) is 60.7 Å². The van der Waals surface area contributed by atoms with E-state index < -0.39 is 17.9 Å². The van der Waals surface area contributed by atoms with Crippen LogP contribution in [0.4, 0.5) is 0 Å². The third-order valence-corrected chi connectivity index (χ3v) is 6.85. The first-order valence-electron chi connectivity index (χ1n) is 11.5. The van der Waals surface area contributed by atoms with Crippen molar-refractivity contribution in [1.29, 1.82) is 0 Å². The molecule has 0 heterocycles. The Morgan fingerprint density at radius 2 is 1.62 bits per heavy atom. The summed E-state index contributed by atoms with van der Waals surface area (Å²) in [5.41, 5.74) is 11.4. The molecule has 0 saturated carbocycles. The van der Waals surface area contributed by atoms with E-state index in [-0.39, 0.29) is 29.8 Å². The molecule has 6 nitrogen and oxygen atoms in total. The summed E-state index contributed by atoms with van der Waals surface area (Å²) in [6.07, 6.45) is 1.17. The lowest BCUT2D eigenvalue weighted by molar-refractivity contribution is -0.846. The van der Waals surface area contributed by atoms with Crippen molar-refractivity contribution in [1.82, 2.24) is 0 Å². The number of carboxylic acids is 1. The van der Waals surface area contributed by atoms with E-state index in [0.717, 1.165) is 23.1 Å². The van der Waals surface area contributed by atoms with Gasteiger partial charge in [-0.2, -0.15) is 0 Å². The van der Waals surface area contributed by atoms with E-state index in [9.17, 15) is 19.5 Å². The normalized spacial score (nSPS) is 14.5. The molecule has 3 N–H and O–H groups in total. The molecule has 6 heteroatoms. The smallest absolute Gasteiger partial charge is 0.363 e. The summed E-state index contributed by atoms with van der Waals surface area (Å²) >= 11 is 0. The molecule has 1 unspecified atom stereocenters. The number of carboxylic acid groups (broad SMARTS) is 1. The van der Waals surface area contributed by atoms with E-state index >= 15 is 0 Å². The van der Waals surface area contributed by atoms with Crippen molar-refractivity contribution in [3.63, 3.8) is 0 Å². The van der Waals surface area contributed by atoms with Crippen molar-refractivity contribution >= 4 is 17.8 Å². The van der Waals surface area contributed by atoms with Crippen molar-refractivity contribution in [3.8, 4) is 11.1 Å². The Kier molecular flexibility index (Phi) is 6.61. The number of likely N-dealkylation sites (N-methyl/N-ethyl adjacent to an activating group) is 1. The Labute approximate surface area is 199 Å². The minimum absolute atomic E-state index is 0.00191. The molecule has 2 atom stereocenters. The third-order valence-electron chi connectivity index (χ3n) is 6.85. The van der Waals surface area contributed by atoms with Crippen LogP contribution in [0.3, 0.4) is 0 Å². The summed E-state index contributed by atoms with van der Waals surface area (Å²) in [5, 5.41) is 10.1. The zero-order chi connectivity index (χ0) is 24.3. The largest absolute Gasteiger partial charge is 0.477 e. The second-order valence-corrected chi connectivity index (χ2v) is 9.10. The molecule has 34 heavy (non-hydrogen) atoms. The molecule has 0 aliphatic heterocycles. The molecule has 0 bridgehead atoms. The summed E-state index contributed by atoms with van der Waals surface area (Å²) in [7, 11) is 1.66. The lowest BCUT2D eigenvalue weighted by Gasteiger charge is -2.37. The molecule has 0 radical (unpaired) electrons. The van der Waals surface area contributed by atoms with Gasteiger partial charge in [0.25, 0.3) is 0 Å². The summed E-state index contributed by atoms with van der Waals surface area (Å²) in [5.74, 6) is -1.96. The third kappa shape index (κ3) is 4.63.